The van der Waals surface area contributed by atoms with Crippen molar-refractivity contribution in [1.82, 2.24) is 20.2 Å². The average Bonchev–Trinajstić information content (AvgIpc) is 2.84. The fraction of sp³-hybridized carbons (Fsp3) is 0.286. The molecule has 0 amide bonds. The topological polar surface area (TPSA) is 41.0 Å². The van der Waals surface area contributed by atoms with Gasteiger partial charge < -0.3 is 5.32 Å². The molecule has 4 heteroatoms. The first-order valence-electron chi connectivity index (χ1n) is 11.4. The van der Waals surface area contributed by atoms with E-state index in [-0.39, 0.29) is 0 Å². The summed E-state index contributed by atoms with van der Waals surface area (Å²) in [5.41, 5.74) is 4.78. The highest BCUT2D eigenvalue weighted by Crippen LogP contribution is 2.20. The van der Waals surface area contributed by atoms with Crippen LogP contribution in [0.3, 0.4) is 0 Å². The number of unbranched alkanes of at least 4 members (excludes halogenated alkanes) is 1. The largest absolute Gasteiger partial charge is 0.320 e. The zero-order valence-electron chi connectivity index (χ0n) is 19.5. The Morgan fingerprint density at radius 2 is 1.50 bits per heavy atom. The molecule has 4 nitrogen and oxygen atoms in total. The second-order valence-corrected chi connectivity index (χ2v) is 8.04. The Hall–Kier alpha value is -3.08. The summed E-state index contributed by atoms with van der Waals surface area (Å²) >= 11 is 0. The number of para-hydroxylation sites is 1. The summed E-state index contributed by atoms with van der Waals surface area (Å²) in [5.74, 6) is 0.854. The number of fused-ring (bicyclic) bond motifs is 1. The molecule has 4 rings (SSSR count). The minimum absolute atomic E-state index is 0.727. The summed E-state index contributed by atoms with van der Waals surface area (Å²) in [6.45, 7) is 4.95. The first kappa shape index (κ1) is 23.6. The Bertz CT molecular complexity index is 1060. The van der Waals surface area contributed by atoms with E-state index in [4.69, 9.17) is 0 Å². The van der Waals surface area contributed by atoms with Crippen LogP contribution in [0.4, 0.5) is 0 Å². The summed E-state index contributed by atoms with van der Waals surface area (Å²) in [6, 6.07) is 27.3. The molecule has 0 radical (unpaired) electrons. The Labute approximate surface area is 192 Å². The molecule has 0 saturated heterocycles. The van der Waals surface area contributed by atoms with E-state index in [1.54, 1.807) is 0 Å². The predicted molar refractivity (Wildman–Crippen MR) is 135 cm³/mol. The normalized spacial score (nSPS) is 10.8. The van der Waals surface area contributed by atoms with E-state index >= 15 is 0 Å². The first-order chi connectivity index (χ1) is 15.7. The minimum atomic E-state index is 0.727. The van der Waals surface area contributed by atoms with E-state index in [0.717, 1.165) is 36.4 Å². The van der Waals surface area contributed by atoms with Crippen molar-refractivity contribution in [3.63, 3.8) is 0 Å². The Morgan fingerprint density at radius 1 is 0.812 bits per heavy atom. The van der Waals surface area contributed by atoms with Crippen molar-refractivity contribution in [3.8, 4) is 11.1 Å². The molecule has 0 atom stereocenters. The zero-order chi connectivity index (χ0) is 22.6. The summed E-state index contributed by atoms with van der Waals surface area (Å²) in [5, 5.41) is 4.15. The molecule has 0 aliphatic heterocycles. The molecule has 166 valence electrons. The van der Waals surface area contributed by atoms with E-state index in [1.165, 1.54) is 29.5 Å². The van der Waals surface area contributed by atoms with Crippen molar-refractivity contribution in [2.24, 2.45) is 0 Å². The summed E-state index contributed by atoms with van der Waals surface area (Å²) in [6.07, 6.45) is 4.50. The van der Waals surface area contributed by atoms with Crippen molar-refractivity contribution < 1.29 is 0 Å². The van der Waals surface area contributed by atoms with Crippen LogP contribution in [0.15, 0.2) is 85.1 Å². The average molecular weight is 427 g/mol. The molecule has 0 aliphatic carbocycles. The van der Waals surface area contributed by atoms with Crippen LogP contribution in [0.2, 0.25) is 0 Å². The van der Waals surface area contributed by atoms with Crippen LogP contribution in [0.1, 0.15) is 31.2 Å². The Morgan fingerprint density at radius 3 is 2.19 bits per heavy atom. The van der Waals surface area contributed by atoms with Gasteiger partial charge >= 0.3 is 0 Å². The Balaban J connectivity index is 0.000000427. The smallest absolute Gasteiger partial charge is 0.142 e. The molecule has 0 unspecified atom stereocenters. The summed E-state index contributed by atoms with van der Waals surface area (Å²) in [4.78, 5) is 11.4. The van der Waals surface area contributed by atoms with Gasteiger partial charge in [0.2, 0.25) is 0 Å². The van der Waals surface area contributed by atoms with Crippen molar-refractivity contribution in [1.29, 1.82) is 0 Å². The number of nitrogens with zero attached hydrogens (tertiary/aromatic N) is 3. The van der Waals surface area contributed by atoms with E-state index in [0.29, 0.717) is 0 Å². The molecule has 1 N–H and O–H groups in total. The maximum absolute atomic E-state index is 4.66. The van der Waals surface area contributed by atoms with Gasteiger partial charge in [0.25, 0.3) is 0 Å². The number of hydrogen-bond donors (Lipinski definition) is 1. The highest BCUT2D eigenvalue weighted by atomic mass is 15.1. The SMILES string of the molecule is CCCCNC.CN(Cc1ccc(-c2ccccc2)cc1)Cc1ncc2ccccc2n1. The molecule has 32 heavy (non-hydrogen) atoms. The van der Waals surface area contributed by atoms with E-state index in [9.17, 15) is 0 Å². The third-order valence-electron chi connectivity index (χ3n) is 5.24. The molecular weight excluding hydrogens is 392 g/mol. The highest BCUT2D eigenvalue weighted by molar-refractivity contribution is 5.77. The number of hydrogen-bond acceptors (Lipinski definition) is 4. The van der Waals surface area contributed by atoms with Gasteiger partial charge in [0.05, 0.1) is 12.1 Å². The quantitative estimate of drug-likeness (QED) is 0.354. The fourth-order valence-corrected chi connectivity index (χ4v) is 3.48. The van der Waals surface area contributed by atoms with Gasteiger partial charge in [0.1, 0.15) is 5.82 Å². The van der Waals surface area contributed by atoms with Crippen LogP contribution < -0.4 is 5.32 Å². The van der Waals surface area contributed by atoms with Gasteiger partial charge in [-0.15, -0.1) is 0 Å². The molecule has 0 spiro atoms. The van der Waals surface area contributed by atoms with Crippen molar-refractivity contribution in [3.05, 3.63) is 96.4 Å². The van der Waals surface area contributed by atoms with Crippen molar-refractivity contribution in [2.75, 3.05) is 20.6 Å². The van der Waals surface area contributed by atoms with Gasteiger partial charge in [-0.2, -0.15) is 0 Å². The van der Waals surface area contributed by atoms with Gasteiger partial charge in [-0.1, -0.05) is 86.1 Å². The first-order valence-corrected chi connectivity index (χ1v) is 11.4. The number of nitrogens with one attached hydrogen (secondary N) is 1. The van der Waals surface area contributed by atoms with Crippen LogP contribution in [0.5, 0.6) is 0 Å². The standard InChI is InChI=1S/C23H21N3.C5H13N/c1-26(17-23-24-15-21-9-5-6-10-22(21)25-23)16-18-11-13-20(14-12-18)19-7-3-2-4-8-19;1-3-4-5-6-2/h2-15H,16-17H2,1H3;6H,3-5H2,1-2H3. The molecular formula is C28H34N4. The maximum atomic E-state index is 4.66. The lowest BCUT2D eigenvalue weighted by Crippen LogP contribution is -2.18. The van der Waals surface area contributed by atoms with E-state index < -0.39 is 0 Å². The van der Waals surface area contributed by atoms with E-state index in [2.05, 4.69) is 82.7 Å². The van der Waals surface area contributed by atoms with Crippen LogP contribution in [0, 0.1) is 0 Å². The molecule has 0 aliphatic rings. The van der Waals surface area contributed by atoms with Gasteiger partial charge in [-0.3, -0.25) is 4.90 Å². The molecule has 0 saturated carbocycles. The lowest BCUT2D eigenvalue weighted by atomic mass is 10.0. The monoisotopic (exact) mass is 426 g/mol. The molecule has 1 heterocycles. The second kappa shape index (κ2) is 12.7. The second-order valence-electron chi connectivity index (χ2n) is 8.04. The van der Waals surface area contributed by atoms with Crippen LogP contribution in [-0.2, 0) is 13.1 Å². The highest BCUT2D eigenvalue weighted by Gasteiger charge is 2.06. The van der Waals surface area contributed by atoms with Gasteiger partial charge in [0.15, 0.2) is 0 Å². The fourth-order valence-electron chi connectivity index (χ4n) is 3.48. The third-order valence-corrected chi connectivity index (χ3v) is 5.24. The van der Waals surface area contributed by atoms with Crippen molar-refractivity contribution >= 4 is 10.9 Å². The number of benzene rings is 3. The van der Waals surface area contributed by atoms with Crippen molar-refractivity contribution in [2.45, 2.75) is 32.9 Å². The maximum Gasteiger partial charge on any atom is 0.142 e. The zero-order valence-corrected chi connectivity index (χ0v) is 19.5. The molecule has 0 fully saturated rings. The predicted octanol–water partition coefficient (Wildman–Crippen LogP) is 5.93. The van der Waals surface area contributed by atoms with Gasteiger partial charge in [-0.05, 0) is 49.8 Å². The number of rotatable bonds is 8. The molecule has 1 aromatic heterocycles. The van der Waals surface area contributed by atoms with Crippen LogP contribution in [0.25, 0.3) is 22.0 Å². The molecule has 3 aromatic carbocycles. The summed E-state index contributed by atoms with van der Waals surface area (Å²) in [7, 11) is 4.08. The summed E-state index contributed by atoms with van der Waals surface area (Å²) < 4.78 is 0. The molecule has 4 aromatic rings. The lowest BCUT2D eigenvalue weighted by molar-refractivity contribution is 0.311. The lowest BCUT2D eigenvalue weighted by Gasteiger charge is -2.16. The van der Waals surface area contributed by atoms with Crippen LogP contribution >= 0.6 is 0 Å². The number of aromatic nitrogens is 2. The van der Waals surface area contributed by atoms with Gasteiger partial charge in [-0.25, -0.2) is 9.97 Å². The minimum Gasteiger partial charge on any atom is -0.320 e. The molecule has 0 bridgehead atoms. The van der Waals surface area contributed by atoms with E-state index in [1.807, 2.05) is 43.6 Å². The third kappa shape index (κ3) is 7.26. The van der Waals surface area contributed by atoms with Crippen LogP contribution in [-0.4, -0.2) is 35.5 Å². The van der Waals surface area contributed by atoms with Gasteiger partial charge in [0, 0.05) is 18.1 Å². The Kier molecular flexibility index (Phi) is 9.36.